The maximum absolute atomic E-state index is 12.9. The molecule has 0 radical (unpaired) electrons. The van der Waals surface area contributed by atoms with Gasteiger partial charge in [0.15, 0.2) is 6.10 Å². The highest BCUT2D eigenvalue weighted by Gasteiger charge is 2.28. The van der Waals surface area contributed by atoms with Crippen LogP contribution in [0.2, 0.25) is 5.02 Å². The molecule has 0 saturated heterocycles. The van der Waals surface area contributed by atoms with Crippen LogP contribution >= 0.6 is 11.6 Å². The van der Waals surface area contributed by atoms with Crippen molar-refractivity contribution in [2.75, 3.05) is 6.54 Å². The van der Waals surface area contributed by atoms with Gasteiger partial charge < -0.3 is 15.1 Å². The highest BCUT2D eigenvalue weighted by atomic mass is 35.5. The molecule has 0 unspecified atom stereocenters. The van der Waals surface area contributed by atoms with Crippen LogP contribution in [-0.2, 0) is 11.4 Å². The molecule has 0 aromatic heterocycles. The van der Waals surface area contributed by atoms with Crippen molar-refractivity contribution in [1.82, 2.24) is 10.2 Å². The zero-order valence-corrected chi connectivity index (χ0v) is 18.2. The number of rotatable bonds is 5. The second kappa shape index (κ2) is 8.87. The molecule has 6 heteroatoms. The van der Waals surface area contributed by atoms with E-state index in [1.807, 2.05) is 57.2 Å². The van der Waals surface area contributed by atoms with Gasteiger partial charge in [-0.25, -0.2) is 4.79 Å². The topological polar surface area (TPSA) is 53.9 Å². The van der Waals surface area contributed by atoms with Crippen LogP contribution in [0, 0.1) is 6.92 Å². The summed E-state index contributed by atoms with van der Waals surface area (Å²) >= 11 is 6.12. The number of benzene rings is 2. The molecule has 0 bridgehead atoms. The first-order chi connectivity index (χ1) is 13.7. The number of carbonyl (C=O) groups is 1. The molecule has 1 heterocycles. The molecule has 2 amide bonds. The second-order valence-electron chi connectivity index (χ2n) is 8.48. The number of hydrogen-bond donors (Lipinski definition) is 1. The van der Waals surface area contributed by atoms with Gasteiger partial charge >= 0.3 is 6.03 Å². The van der Waals surface area contributed by atoms with Crippen molar-refractivity contribution in [3.8, 4) is 0 Å². The molecule has 5 nitrogen and oxygen atoms in total. The van der Waals surface area contributed by atoms with Crippen LogP contribution in [0.5, 0.6) is 0 Å². The average Bonchev–Trinajstić information content (AvgIpc) is 3.08. The molecule has 0 fully saturated rings. The van der Waals surface area contributed by atoms with Gasteiger partial charge in [-0.05, 0) is 51.0 Å². The SMILES string of the molecule is Cc1ccccc1C1=NO[C@@H](CN(Cc2cccc(Cl)c2)C(=O)NC(C)(C)C)C1. The van der Waals surface area contributed by atoms with E-state index in [9.17, 15) is 4.79 Å². The molecule has 2 aromatic rings. The lowest BCUT2D eigenvalue weighted by Gasteiger charge is -2.29. The van der Waals surface area contributed by atoms with E-state index >= 15 is 0 Å². The predicted octanol–water partition coefficient (Wildman–Crippen LogP) is 5.15. The van der Waals surface area contributed by atoms with Crippen LogP contribution in [0.15, 0.2) is 53.7 Å². The standard InChI is InChI=1S/C23H28ClN3O2/c1-16-8-5-6-11-20(16)21-13-19(29-26-21)15-27(22(28)25-23(2,3)4)14-17-9-7-10-18(24)12-17/h5-12,19H,13-15H2,1-4H3,(H,25,28)/t19-/m1/s1. The molecule has 3 rings (SSSR count). The van der Waals surface area contributed by atoms with Crippen molar-refractivity contribution in [2.45, 2.75) is 52.3 Å². The van der Waals surface area contributed by atoms with Crippen molar-refractivity contribution in [3.63, 3.8) is 0 Å². The molecule has 0 spiro atoms. The van der Waals surface area contributed by atoms with E-state index < -0.39 is 0 Å². The Morgan fingerprint density at radius 2 is 2.00 bits per heavy atom. The van der Waals surface area contributed by atoms with E-state index in [1.165, 1.54) is 0 Å². The van der Waals surface area contributed by atoms with Crippen molar-refractivity contribution in [3.05, 3.63) is 70.2 Å². The summed E-state index contributed by atoms with van der Waals surface area (Å²) in [6.45, 7) is 8.85. The van der Waals surface area contributed by atoms with E-state index in [2.05, 4.69) is 29.5 Å². The van der Waals surface area contributed by atoms with Gasteiger partial charge in [0.2, 0.25) is 0 Å². The summed E-state index contributed by atoms with van der Waals surface area (Å²) in [7, 11) is 0. The van der Waals surface area contributed by atoms with Crippen LogP contribution in [0.3, 0.4) is 0 Å². The van der Waals surface area contributed by atoms with E-state index in [0.717, 1.165) is 22.4 Å². The molecule has 1 N–H and O–H groups in total. The van der Waals surface area contributed by atoms with E-state index in [4.69, 9.17) is 16.4 Å². The van der Waals surface area contributed by atoms with Crippen molar-refractivity contribution >= 4 is 23.3 Å². The van der Waals surface area contributed by atoms with E-state index in [0.29, 0.717) is 24.5 Å². The lowest BCUT2D eigenvalue weighted by molar-refractivity contribution is 0.0580. The Bertz CT molecular complexity index is 905. The van der Waals surface area contributed by atoms with Gasteiger partial charge in [0.05, 0.1) is 12.3 Å². The molecule has 1 atom stereocenters. The van der Waals surface area contributed by atoms with E-state index in [1.54, 1.807) is 4.90 Å². The van der Waals surface area contributed by atoms with Crippen LogP contribution in [0.4, 0.5) is 4.79 Å². The van der Waals surface area contributed by atoms with Crippen LogP contribution in [-0.4, -0.2) is 34.8 Å². The summed E-state index contributed by atoms with van der Waals surface area (Å²) in [5, 5.41) is 7.99. The van der Waals surface area contributed by atoms with Crippen molar-refractivity contribution in [2.24, 2.45) is 5.16 Å². The first-order valence-corrected chi connectivity index (χ1v) is 10.2. The monoisotopic (exact) mass is 413 g/mol. The summed E-state index contributed by atoms with van der Waals surface area (Å²) in [6.07, 6.45) is 0.481. The molecule has 29 heavy (non-hydrogen) atoms. The number of oxime groups is 1. The zero-order chi connectivity index (χ0) is 21.0. The number of nitrogens with one attached hydrogen (secondary N) is 1. The van der Waals surface area contributed by atoms with Crippen LogP contribution in [0.25, 0.3) is 0 Å². The minimum atomic E-state index is -0.330. The Balaban J connectivity index is 1.71. The quantitative estimate of drug-likeness (QED) is 0.736. The Hall–Kier alpha value is -2.53. The zero-order valence-electron chi connectivity index (χ0n) is 17.4. The fraction of sp³-hybridized carbons (Fsp3) is 0.391. The first-order valence-electron chi connectivity index (χ1n) is 9.81. The predicted molar refractivity (Wildman–Crippen MR) is 117 cm³/mol. The smallest absolute Gasteiger partial charge is 0.318 e. The Morgan fingerprint density at radius 1 is 1.24 bits per heavy atom. The second-order valence-corrected chi connectivity index (χ2v) is 8.91. The molecule has 2 aromatic carbocycles. The number of hydrogen-bond acceptors (Lipinski definition) is 3. The van der Waals surface area contributed by atoms with Gasteiger partial charge in [0, 0.05) is 29.1 Å². The highest BCUT2D eigenvalue weighted by molar-refractivity contribution is 6.30. The van der Waals surface area contributed by atoms with Crippen LogP contribution in [0.1, 0.15) is 43.9 Å². The van der Waals surface area contributed by atoms with Gasteiger partial charge in [-0.2, -0.15) is 0 Å². The Labute approximate surface area is 177 Å². The minimum absolute atomic E-state index is 0.134. The maximum Gasteiger partial charge on any atom is 0.318 e. The van der Waals surface area contributed by atoms with Crippen molar-refractivity contribution in [1.29, 1.82) is 0 Å². The third-order valence-corrected chi connectivity index (χ3v) is 4.88. The minimum Gasteiger partial charge on any atom is -0.390 e. The van der Waals surface area contributed by atoms with Gasteiger partial charge in [-0.1, -0.05) is 53.2 Å². The molecule has 0 aliphatic carbocycles. The molecular weight excluding hydrogens is 386 g/mol. The van der Waals surface area contributed by atoms with Crippen LogP contribution < -0.4 is 5.32 Å². The highest BCUT2D eigenvalue weighted by Crippen LogP contribution is 2.21. The summed E-state index contributed by atoms with van der Waals surface area (Å²) in [5.74, 6) is 0. The lowest BCUT2D eigenvalue weighted by Crippen LogP contribution is -2.50. The van der Waals surface area contributed by atoms with Gasteiger partial charge in [0.1, 0.15) is 0 Å². The summed E-state index contributed by atoms with van der Waals surface area (Å²) in [5.41, 5.74) is 3.82. The third kappa shape index (κ3) is 5.97. The lowest BCUT2D eigenvalue weighted by atomic mass is 10.0. The van der Waals surface area contributed by atoms with Gasteiger partial charge in [-0.3, -0.25) is 0 Å². The largest absolute Gasteiger partial charge is 0.390 e. The number of urea groups is 1. The van der Waals surface area contributed by atoms with E-state index in [-0.39, 0.29) is 17.7 Å². The summed E-state index contributed by atoms with van der Waals surface area (Å²) in [6, 6.07) is 15.6. The Morgan fingerprint density at radius 3 is 2.69 bits per heavy atom. The number of aryl methyl sites for hydroxylation is 1. The number of amides is 2. The average molecular weight is 414 g/mol. The molecule has 1 aliphatic rings. The number of halogens is 1. The Kier molecular flexibility index (Phi) is 6.48. The van der Waals surface area contributed by atoms with Crippen molar-refractivity contribution < 1.29 is 9.63 Å². The third-order valence-electron chi connectivity index (χ3n) is 4.64. The maximum atomic E-state index is 12.9. The number of carbonyl (C=O) groups excluding carboxylic acids is 1. The molecule has 1 aliphatic heterocycles. The molecule has 154 valence electrons. The molecular formula is C23H28ClN3O2. The number of nitrogens with zero attached hydrogens (tertiary/aromatic N) is 2. The van der Waals surface area contributed by atoms with Gasteiger partial charge in [0.25, 0.3) is 0 Å². The summed E-state index contributed by atoms with van der Waals surface area (Å²) in [4.78, 5) is 20.4. The normalized spacial score (nSPS) is 16.2. The summed E-state index contributed by atoms with van der Waals surface area (Å²) < 4.78 is 0. The van der Waals surface area contributed by atoms with Gasteiger partial charge in [-0.15, -0.1) is 0 Å². The fourth-order valence-corrected chi connectivity index (χ4v) is 3.52. The molecule has 0 saturated carbocycles. The first kappa shape index (κ1) is 21.2. The fourth-order valence-electron chi connectivity index (χ4n) is 3.30.